The van der Waals surface area contributed by atoms with Crippen LogP contribution in [0.5, 0.6) is 5.75 Å². The van der Waals surface area contributed by atoms with Crippen molar-refractivity contribution in [2.45, 2.75) is 0 Å². The molecule has 4 aromatic rings. The summed E-state index contributed by atoms with van der Waals surface area (Å²) in [5, 5.41) is 16.0. The highest BCUT2D eigenvalue weighted by atomic mass is 32.2. The zero-order valence-electron chi connectivity index (χ0n) is 15.5. The normalized spacial score (nSPS) is 11.2. The molecule has 0 unspecified atom stereocenters. The number of nitrogens with two attached hydrogens (primary N) is 1. The molecular weight excluding hydrogens is 408 g/mol. The van der Waals surface area contributed by atoms with Crippen LogP contribution in [0.15, 0.2) is 55.1 Å². The van der Waals surface area contributed by atoms with Gasteiger partial charge in [-0.1, -0.05) is 0 Å². The molecule has 0 aliphatic rings. The van der Waals surface area contributed by atoms with Crippen LogP contribution in [0.3, 0.4) is 0 Å². The summed E-state index contributed by atoms with van der Waals surface area (Å²) in [4.78, 5) is 17.4. The van der Waals surface area contributed by atoms with Crippen molar-refractivity contribution in [2.24, 2.45) is 5.14 Å². The van der Waals surface area contributed by atoms with Crippen LogP contribution >= 0.6 is 0 Å². The molecule has 2 N–H and O–H groups in total. The minimum absolute atomic E-state index is 0.0436. The van der Waals surface area contributed by atoms with Crippen LogP contribution in [0, 0.1) is 11.3 Å². The average molecular weight is 422 g/mol. The van der Waals surface area contributed by atoms with E-state index in [-0.39, 0.29) is 11.3 Å². The zero-order valence-corrected chi connectivity index (χ0v) is 16.4. The van der Waals surface area contributed by atoms with Crippen molar-refractivity contribution in [3.05, 3.63) is 60.7 Å². The summed E-state index contributed by atoms with van der Waals surface area (Å²) in [6.45, 7) is 0. The lowest BCUT2D eigenvalue weighted by Gasteiger charge is -2.19. The molecule has 1 aromatic carbocycles. The highest BCUT2D eigenvalue weighted by Crippen LogP contribution is 2.26. The maximum atomic E-state index is 11.1. The zero-order chi connectivity index (χ0) is 21.3. The van der Waals surface area contributed by atoms with Crippen LogP contribution in [-0.4, -0.2) is 40.1 Å². The van der Waals surface area contributed by atoms with Crippen molar-refractivity contribution >= 4 is 27.4 Å². The van der Waals surface area contributed by atoms with E-state index in [9.17, 15) is 13.7 Å². The van der Waals surface area contributed by atoms with Crippen molar-refractivity contribution < 1.29 is 12.6 Å². The van der Waals surface area contributed by atoms with Crippen molar-refractivity contribution in [3.8, 4) is 23.1 Å². The lowest BCUT2D eigenvalue weighted by atomic mass is 10.1. The Morgan fingerprint density at radius 1 is 1.17 bits per heavy atom. The first-order chi connectivity index (χ1) is 14.4. The van der Waals surface area contributed by atoms with Gasteiger partial charge in [-0.2, -0.15) is 18.8 Å². The van der Waals surface area contributed by atoms with E-state index in [0.29, 0.717) is 28.4 Å². The van der Waals surface area contributed by atoms with Crippen LogP contribution in [0.4, 0.5) is 5.95 Å². The molecule has 4 rings (SSSR count). The Kier molecular flexibility index (Phi) is 4.74. The van der Waals surface area contributed by atoms with E-state index in [2.05, 4.69) is 30.2 Å². The van der Waals surface area contributed by atoms with Gasteiger partial charge in [0, 0.05) is 18.8 Å². The van der Waals surface area contributed by atoms with Crippen LogP contribution in [-0.2, 0) is 10.3 Å². The van der Waals surface area contributed by atoms with Crippen LogP contribution in [0.2, 0.25) is 0 Å². The van der Waals surface area contributed by atoms with Gasteiger partial charge >= 0.3 is 10.3 Å². The number of aromatic nitrogens is 5. The second kappa shape index (κ2) is 7.39. The monoisotopic (exact) mass is 422 g/mol. The molecule has 0 saturated heterocycles. The second-order valence-corrected chi connectivity index (χ2v) is 7.26. The highest BCUT2D eigenvalue weighted by Gasteiger charge is 2.16. The molecule has 3 heterocycles. The number of imidazole rings is 1. The second-order valence-electron chi connectivity index (χ2n) is 6.10. The van der Waals surface area contributed by atoms with Gasteiger partial charge in [0.05, 0.1) is 17.5 Å². The van der Waals surface area contributed by atoms with Crippen molar-refractivity contribution in [2.75, 3.05) is 12.1 Å². The number of rotatable bonds is 5. The fourth-order valence-corrected chi connectivity index (χ4v) is 3.17. The summed E-state index contributed by atoms with van der Waals surface area (Å²) >= 11 is 0. The molecular formula is C18H14N8O3S. The summed E-state index contributed by atoms with van der Waals surface area (Å²) in [5.74, 6) is 0.348. The first kappa shape index (κ1) is 19.2. The Morgan fingerprint density at radius 3 is 2.63 bits per heavy atom. The fourth-order valence-electron chi connectivity index (χ4n) is 2.79. The number of hydrogen-bond acceptors (Lipinski definition) is 9. The first-order valence-electron chi connectivity index (χ1n) is 8.47. The number of benzene rings is 1. The van der Waals surface area contributed by atoms with E-state index < -0.39 is 10.3 Å². The molecule has 3 aromatic heterocycles. The lowest BCUT2D eigenvalue weighted by Crippen LogP contribution is -2.26. The van der Waals surface area contributed by atoms with Crippen molar-refractivity contribution in [1.29, 1.82) is 5.26 Å². The third-order valence-corrected chi connectivity index (χ3v) is 4.56. The Labute approximate surface area is 171 Å². The predicted molar refractivity (Wildman–Crippen MR) is 107 cm³/mol. The summed E-state index contributed by atoms with van der Waals surface area (Å²) in [5.41, 5.74) is 2.52. The molecule has 0 amide bonds. The van der Waals surface area contributed by atoms with Gasteiger partial charge in [-0.25, -0.2) is 29.6 Å². The molecule has 0 aliphatic carbocycles. The Hall–Kier alpha value is -4.08. The summed E-state index contributed by atoms with van der Waals surface area (Å²) in [7, 11) is -2.39. The van der Waals surface area contributed by atoms with E-state index in [4.69, 9.17) is 5.14 Å². The minimum atomic E-state index is -4.13. The SMILES string of the molecule is CN(c1ncc(C#N)c(-c2ccc(OS(N)(=O)=O)cc2)n1)n1cnc2cccnc21. The van der Waals surface area contributed by atoms with E-state index in [1.54, 1.807) is 47.5 Å². The maximum absolute atomic E-state index is 11.1. The lowest BCUT2D eigenvalue weighted by molar-refractivity contribution is 0.488. The molecule has 11 nitrogen and oxygen atoms in total. The van der Waals surface area contributed by atoms with Gasteiger partial charge in [0.25, 0.3) is 0 Å². The standard InChI is InChI=1S/C18H14N8O3S/c1-25(26-11-23-15-3-2-8-21-17(15)26)18-22-10-13(9-19)16(24-18)12-4-6-14(7-5-12)29-30(20,27)28/h2-8,10-11H,1H3,(H2,20,27,28). The maximum Gasteiger partial charge on any atom is 0.380 e. The quantitative estimate of drug-likeness (QED) is 0.500. The highest BCUT2D eigenvalue weighted by molar-refractivity contribution is 7.84. The number of anilines is 1. The molecule has 12 heteroatoms. The van der Waals surface area contributed by atoms with Gasteiger partial charge in [0.15, 0.2) is 5.65 Å². The van der Waals surface area contributed by atoms with Gasteiger partial charge in [0.1, 0.15) is 23.7 Å². The third kappa shape index (κ3) is 3.75. The minimum Gasteiger partial charge on any atom is -0.371 e. The average Bonchev–Trinajstić information content (AvgIpc) is 3.16. The molecule has 0 aliphatic heterocycles. The third-order valence-electron chi connectivity index (χ3n) is 4.14. The number of fused-ring (bicyclic) bond motifs is 1. The smallest absolute Gasteiger partial charge is 0.371 e. The van der Waals surface area contributed by atoms with Crippen molar-refractivity contribution in [1.82, 2.24) is 24.6 Å². The van der Waals surface area contributed by atoms with Gasteiger partial charge in [-0.15, -0.1) is 0 Å². The Morgan fingerprint density at radius 2 is 1.93 bits per heavy atom. The molecule has 0 spiro atoms. The number of nitriles is 1. The molecule has 0 atom stereocenters. The summed E-state index contributed by atoms with van der Waals surface area (Å²) in [6, 6.07) is 11.7. The van der Waals surface area contributed by atoms with E-state index in [1.807, 2.05) is 6.07 Å². The fraction of sp³-hybridized carbons (Fsp3) is 0.0556. The van der Waals surface area contributed by atoms with Crippen LogP contribution in [0.1, 0.15) is 5.56 Å². The Bertz CT molecular complexity index is 1380. The number of pyridine rings is 1. The van der Waals surface area contributed by atoms with Crippen LogP contribution < -0.4 is 14.3 Å². The molecule has 150 valence electrons. The summed E-state index contributed by atoms with van der Waals surface area (Å²) in [6.07, 6.45) is 4.67. The van der Waals surface area contributed by atoms with Crippen molar-refractivity contribution in [3.63, 3.8) is 0 Å². The molecule has 0 radical (unpaired) electrons. The molecule has 30 heavy (non-hydrogen) atoms. The van der Waals surface area contributed by atoms with E-state index >= 15 is 0 Å². The molecule has 0 bridgehead atoms. The number of nitrogens with zero attached hydrogens (tertiary/aromatic N) is 7. The van der Waals surface area contributed by atoms with Gasteiger partial charge in [0.2, 0.25) is 5.95 Å². The first-order valence-corrected chi connectivity index (χ1v) is 9.95. The topological polar surface area (TPSA) is 153 Å². The van der Waals surface area contributed by atoms with E-state index in [0.717, 1.165) is 0 Å². The van der Waals surface area contributed by atoms with Crippen LogP contribution in [0.25, 0.3) is 22.4 Å². The van der Waals surface area contributed by atoms with Gasteiger partial charge < -0.3 is 4.18 Å². The molecule has 0 saturated carbocycles. The van der Waals surface area contributed by atoms with Gasteiger partial charge in [-0.05, 0) is 36.4 Å². The van der Waals surface area contributed by atoms with Gasteiger partial charge in [-0.3, -0.25) is 0 Å². The predicted octanol–water partition coefficient (Wildman–Crippen LogP) is 1.24. The number of hydrogen-bond donors (Lipinski definition) is 1. The van der Waals surface area contributed by atoms with E-state index in [1.165, 1.54) is 18.3 Å². The summed E-state index contributed by atoms with van der Waals surface area (Å²) < 4.78 is 28.4. The molecule has 0 fully saturated rings. The Balaban J connectivity index is 1.73. The largest absolute Gasteiger partial charge is 0.380 e.